The number of anilines is 1. The van der Waals surface area contributed by atoms with Crippen molar-refractivity contribution in [3.63, 3.8) is 0 Å². The van der Waals surface area contributed by atoms with Gasteiger partial charge in [0, 0.05) is 35.3 Å². The van der Waals surface area contributed by atoms with E-state index in [0.717, 1.165) is 37.3 Å². The summed E-state index contributed by atoms with van der Waals surface area (Å²) in [4.78, 5) is 27.8. The number of hydrogen-bond donors (Lipinski definition) is 3. The van der Waals surface area contributed by atoms with Crippen molar-refractivity contribution in [2.45, 2.75) is 31.7 Å². The van der Waals surface area contributed by atoms with Gasteiger partial charge in [-0.25, -0.2) is 23.6 Å². The number of aromatic nitrogens is 3. The van der Waals surface area contributed by atoms with Gasteiger partial charge in [-0.3, -0.25) is 4.79 Å². The molecular formula is C28H23F2N5O2. The summed E-state index contributed by atoms with van der Waals surface area (Å²) in [5, 5.41) is 13.7. The zero-order valence-corrected chi connectivity index (χ0v) is 19.7. The van der Waals surface area contributed by atoms with Gasteiger partial charge in [0.25, 0.3) is 0 Å². The van der Waals surface area contributed by atoms with Crippen molar-refractivity contribution in [2.24, 2.45) is 17.8 Å². The van der Waals surface area contributed by atoms with Gasteiger partial charge in [0.05, 0.1) is 23.7 Å². The molecule has 0 amide bonds. The molecule has 7 rings (SSSR count). The third-order valence-corrected chi connectivity index (χ3v) is 7.78. The van der Waals surface area contributed by atoms with Crippen LogP contribution in [0.3, 0.4) is 0 Å². The average molecular weight is 500 g/mol. The van der Waals surface area contributed by atoms with Crippen LogP contribution >= 0.6 is 0 Å². The Hall–Kier alpha value is -4.32. The molecule has 0 saturated heterocycles. The Morgan fingerprint density at radius 1 is 1.05 bits per heavy atom. The number of H-pyrrole nitrogens is 1. The van der Waals surface area contributed by atoms with Crippen LogP contribution in [0.1, 0.15) is 25.7 Å². The molecular weight excluding hydrogens is 476 g/mol. The molecule has 2 aromatic carbocycles. The van der Waals surface area contributed by atoms with E-state index in [0.29, 0.717) is 28.1 Å². The van der Waals surface area contributed by atoms with Crippen molar-refractivity contribution in [3.05, 3.63) is 71.7 Å². The first-order valence-corrected chi connectivity index (χ1v) is 12.2. The predicted molar refractivity (Wildman–Crippen MR) is 135 cm³/mol. The topological polar surface area (TPSA) is 95.3 Å². The number of fused-ring (bicyclic) bond motifs is 4. The van der Waals surface area contributed by atoms with E-state index in [4.69, 9.17) is 11.6 Å². The van der Waals surface area contributed by atoms with Crippen molar-refractivity contribution in [1.29, 1.82) is 0 Å². The van der Waals surface area contributed by atoms with Crippen molar-refractivity contribution < 1.29 is 18.7 Å². The Labute approximate surface area is 211 Å². The van der Waals surface area contributed by atoms with Gasteiger partial charge in [0.15, 0.2) is 11.5 Å². The van der Waals surface area contributed by atoms with Gasteiger partial charge >= 0.3 is 5.97 Å². The molecule has 2 bridgehead atoms. The molecule has 0 spiro atoms. The molecule has 4 aromatic rings. The van der Waals surface area contributed by atoms with E-state index in [1.54, 1.807) is 36.5 Å². The van der Waals surface area contributed by atoms with Gasteiger partial charge in [0.1, 0.15) is 17.5 Å². The summed E-state index contributed by atoms with van der Waals surface area (Å²) in [6.45, 7) is 7.21. The maximum atomic E-state index is 14.4. The number of aromatic amines is 1. The quantitative estimate of drug-likeness (QED) is 0.275. The minimum Gasteiger partial charge on any atom is -0.481 e. The van der Waals surface area contributed by atoms with E-state index >= 15 is 0 Å². The maximum Gasteiger partial charge on any atom is 0.308 e. The zero-order valence-electron chi connectivity index (χ0n) is 19.7. The highest BCUT2D eigenvalue weighted by molar-refractivity contribution is 5.94. The molecule has 7 nitrogen and oxygen atoms in total. The van der Waals surface area contributed by atoms with Gasteiger partial charge in [-0.1, -0.05) is 24.3 Å². The lowest BCUT2D eigenvalue weighted by atomic mass is 9.61. The summed E-state index contributed by atoms with van der Waals surface area (Å²) >= 11 is 0. The number of carboxylic acids is 1. The van der Waals surface area contributed by atoms with E-state index in [9.17, 15) is 18.7 Å². The second-order valence-electron chi connectivity index (χ2n) is 9.84. The molecule has 186 valence electrons. The predicted octanol–water partition coefficient (Wildman–Crippen LogP) is 6.42. The van der Waals surface area contributed by atoms with Crippen LogP contribution in [-0.2, 0) is 4.79 Å². The molecule has 3 saturated carbocycles. The number of nitrogens with one attached hydrogen (secondary N) is 2. The highest BCUT2D eigenvalue weighted by atomic mass is 19.1. The Kier molecular flexibility index (Phi) is 5.60. The maximum absolute atomic E-state index is 14.4. The number of nitrogens with zero attached hydrogens (tertiary/aromatic N) is 3. The summed E-state index contributed by atoms with van der Waals surface area (Å²) in [6, 6.07) is 10.5. The molecule has 37 heavy (non-hydrogen) atoms. The highest BCUT2D eigenvalue weighted by Crippen LogP contribution is 2.46. The average Bonchev–Trinajstić information content (AvgIpc) is 3.33. The number of benzene rings is 2. The molecule has 3 fully saturated rings. The Morgan fingerprint density at radius 3 is 2.49 bits per heavy atom. The first-order valence-electron chi connectivity index (χ1n) is 12.2. The first kappa shape index (κ1) is 23.1. The molecule has 2 aromatic heterocycles. The fourth-order valence-corrected chi connectivity index (χ4v) is 6.02. The third kappa shape index (κ3) is 4.08. The summed E-state index contributed by atoms with van der Waals surface area (Å²) in [5.41, 5.74) is 2.34. The van der Waals surface area contributed by atoms with Crippen LogP contribution in [0.4, 0.5) is 20.3 Å². The van der Waals surface area contributed by atoms with Gasteiger partial charge in [0.2, 0.25) is 0 Å². The second kappa shape index (κ2) is 8.96. The van der Waals surface area contributed by atoms with Crippen LogP contribution in [0, 0.1) is 36.0 Å². The lowest BCUT2D eigenvalue weighted by Gasteiger charge is -2.47. The molecule has 2 unspecified atom stereocenters. The molecule has 2 heterocycles. The molecule has 3 N–H and O–H groups in total. The molecule has 0 radical (unpaired) electrons. The normalized spacial score (nSPS) is 22.6. The molecule has 3 aliphatic carbocycles. The number of carbonyl (C=O) groups is 1. The van der Waals surface area contributed by atoms with Crippen molar-refractivity contribution in [1.82, 2.24) is 15.0 Å². The van der Waals surface area contributed by atoms with E-state index in [1.165, 1.54) is 6.07 Å². The summed E-state index contributed by atoms with van der Waals surface area (Å²) in [6.07, 6.45) is 5.31. The first-order chi connectivity index (χ1) is 17.9. The SMILES string of the molecule is [C-]#[N+]c1ccc(-c2cc(NC3C4CCC(CC4)C3C(=O)O)nc(-c3c[nH]c4c(F)cc(F)cc34)n2)cc1. The van der Waals surface area contributed by atoms with Crippen LogP contribution in [0.15, 0.2) is 48.7 Å². The zero-order chi connectivity index (χ0) is 25.7. The lowest BCUT2D eigenvalue weighted by molar-refractivity contribution is -0.148. The van der Waals surface area contributed by atoms with Crippen LogP contribution in [0.5, 0.6) is 0 Å². The standard InChI is InChI=1S/C28H23F2N5O2/c1-31-18-8-6-14(7-9-18)22-12-23(34-25-16-4-2-15(3-5-16)24(25)28(36)37)35-27(33-22)20-13-32-26-19(20)10-17(29)11-21(26)30/h6-13,15-16,24-25,32H,2-5H2,(H,36,37)(H,33,34,35). The second-order valence-corrected chi connectivity index (χ2v) is 9.84. The van der Waals surface area contributed by atoms with Crippen LogP contribution in [-0.4, -0.2) is 32.1 Å². The fraction of sp³-hybridized carbons (Fsp3) is 0.286. The van der Waals surface area contributed by atoms with E-state index in [2.05, 4.69) is 20.1 Å². The van der Waals surface area contributed by atoms with Gasteiger partial charge in [-0.05, 0) is 49.1 Å². The number of carboxylic acid groups (broad SMARTS) is 1. The van der Waals surface area contributed by atoms with E-state index in [-0.39, 0.29) is 29.2 Å². The minimum atomic E-state index is -0.807. The van der Waals surface area contributed by atoms with Crippen LogP contribution < -0.4 is 5.32 Å². The Morgan fingerprint density at radius 2 is 1.78 bits per heavy atom. The Bertz CT molecular complexity index is 1550. The third-order valence-electron chi connectivity index (χ3n) is 7.78. The summed E-state index contributed by atoms with van der Waals surface area (Å²) < 4.78 is 28.5. The number of rotatable bonds is 5. The molecule has 2 atom stereocenters. The fourth-order valence-electron chi connectivity index (χ4n) is 6.02. The van der Waals surface area contributed by atoms with Gasteiger partial charge in [-0.2, -0.15) is 0 Å². The van der Waals surface area contributed by atoms with E-state index in [1.807, 2.05) is 0 Å². The summed E-state index contributed by atoms with van der Waals surface area (Å²) in [5.74, 6) is -1.70. The van der Waals surface area contributed by atoms with Gasteiger partial charge < -0.3 is 15.4 Å². The van der Waals surface area contributed by atoms with Crippen molar-refractivity contribution in [3.8, 4) is 22.6 Å². The molecule has 0 aliphatic heterocycles. The van der Waals surface area contributed by atoms with Crippen molar-refractivity contribution >= 4 is 28.4 Å². The number of hydrogen-bond acceptors (Lipinski definition) is 4. The molecule has 9 heteroatoms. The van der Waals surface area contributed by atoms with Crippen LogP contribution in [0.2, 0.25) is 0 Å². The number of halogens is 2. The van der Waals surface area contributed by atoms with Crippen molar-refractivity contribution in [2.75, 3.05) is 5.32 Å². The van der Waals surface area contributed by atoms with E-state index < -0.39 is 23.5 Å². The number of aliphatic carboxylic acids is 1. The van der Waals surface area contributed by atoms with Crippen LogP contribution in [0.25, 0.3) is 38.4 Å². The minimum absolute atomic E-state index is 0.126. The lowest BCUT2D eigenvalue weighted by Crippen LogP contribution is -2.51. The molecule has 3 aliphatic rings. The largest absolute Gasteiger partial charge is 0.481 e. The monoisotopic (exact) mass is 499 g/mol. The highest BCUT2D eigenvalue weighted by Gasteiger charge is 2.47. The summed E-state index contributed by atoms with van der Waals surface area (Å²) in [7, 11) is 0. The smallest absolute Gasteiger partial charge is 0.308 e. The Balaban J connectivity index is 1.47. The van der Waals surface area contributed by atoms with Gasteiger partial charge in [-0.15, -0.1) is 0 Å².